The van der Waals surface area contributed by atoms with Crippen molar-refractivity contribution in [2.24, 2.45) is 5.41 Å². The summed E-state index contributed by atoms with van der Waals surface area (Å²) in [7, 11) is 0. The fourth-order valence-electron chi connectivity index (χ4n) is 3.62. The molecule has 0 aliphatic heterocycles. The van der Waals surface area contributed by atoms with E-state index in [-0.39, 0.29) is 30.6 Å². The highest BCUT2D eigenvalue weighted by Gasteiger charge is 2.29. The number of carbonyl (C=O) groups excluding carboxylic acids is 1. The monoisotopic (exact) mass is 367 g/mol. The molecule has 0 spiro atoms. The zero-order chi connectivity index (χ0) is 19.4. The lowest BCUT2D eigenvalue weighted by atomic mass is 9.89. The highest BCUT2D eigenvalue weighted by molar-refractivity contribution is 5.79. The van der Waals surface area contributed by atoms with Gasteiger partial charge in [-0.15, -0.1) is 0 Å². The topological polar surface area (TPSA) is 58.6 Å². The molecule has 0 radical (unpaired) electrons. The highest BCUT2D eigenvalue weighted by Crippen LogP contribution is 2.44. The van der Waals surface area contributed by atoms with Crippen LogP contribution in [-0.4, -0.2) is 30.5 Å². The van der Waals surface area contributed by atoms with Crippen LogP contribution in [0.3, 0.4) is 0 Å². The molecule has 1 aliphatic rings. The summed E-state index contributed by atoms with van der Waals surface area (Å²) in [5.41, 5.74) is 4.97. The average Bonchev–Trinajstić information content (AvgIpc) is 2.97. The van der Waals surface area contributed by atoms with Gasteiger partial charge in [0, 0.05) is 5.92 Å². The SMILES string of the molecule is CC(C)(C)CCC(CO)NC(=O)OCC1c2ccccc2-c2ccccc21. The van der Waals surface area contributed by atoms with Gasteiger partial charge < -0.3 is 15.2 Å². The molecule has 1 aliphatic carbocycles. The second kappa shape index (κ2) is 8.13. The van der Waals surface area contributed by atoms with Crippen molar-refractivity contribution in [2.45, 2.75) is 45.6 Å². The van der Waals surface area contributed by atoms with Gasteiger partial charge in [0.2, 0.25) is 0 Å². The zero-order valence-corrected chi connectivity index (χ0v) is 16.4. The number of aliphatic hydroxyl groups excluding tert-OH is 1. The van der Waals surface area contributed by atoms with Crippen molar-refractivity contribution < 1.29 is 14.6 Å². The summed E-state index contributed by atoms with van der Waals surface area (Å²) in [5, 5.41) is 12.3. The van der Waals surface area contributed by atoms with E-state index < -0.39 is 6.09 Å². The Kier molecular flexibility index (Phi) is 5.85. The number of fused-ring (bicyclic) bond motifs is 3. The molecule has 4 nitrogen and oxygen atoms in total. The molecule has 27 heavy (non-hydrogen) atoms. The number of alkyl carbamates (subject to hydrolysis) is 1. The maximum absolute atomic E-state index is 12.3. The van der Waals surface area contributed by atoms with Crippen molar-refractivity contribution in [1.29, 1.82) is 0 Å². The van der Waals surface area contributed by atoms with E-state index in [0.29, 0.717) is 0 Å². The van der Waals surface area contributed by atoms with E-state index in [1.54, 1.807) is 0 Å². The molecule has 1 atom stereocenters. The number of ether oxygens (including phenoxy) is 1. The normalized spacial score (nSPS) is 14.4. The Morgan fingerprint density at radius 2 is 1.63 bits per heavy atom. The van der Waals surface area contributed by atoms with Gasteiger partial charge in [0.05, 0.1) is 12.6 Å². The van der Waals surface area contributed by atoms with Gasteiger partial charge in [0.1, 0.15) is 6.61 Å². The summed E-state index contributed by atoms with van der Waals surface area (Å²) in [6.07, 6.45) is 1.18. The largest absolute Gasteiger partial charge is 0.449 e. The third-order valence-electron chi connectivity index (χ3n) is 5.13. The van der Waals surface area contributed by atoms with Crippen LogP contribution in [0.4, 0.5) is 4.79 Å². The lowest BCUT2D eigenvalue weighted by Crippen LogP contribution is -2.39. The molecular weight excluding hydrogens is 338 g/mol. The van der Waals surface area contributed by atoms with Crippen molar-refractivity contribution in [3.63, 3.8) is 0 Å². The smallest absolute Gasteiger partial charge is 0.407 e. The van der Waals surface area contributed by atoms with Crippen LogP contribution in [0, 0.1) is 5.41 Å². The molecule has 0 bridgehead atoms. The van der Waals surface area contributed by atoms with E-state index >= 15 is 0 Å². The van der Waals surface area contributed by atoms with Crippen molar-refractivity contribution >= 4 is 6.09 Å². The molecule has 0 fully saturated rings. The maximum Gasteiger partial charge on any atom is 0.407 e. The van der Waals surface area contributed by atoms with E-state index in [4.69, 9.17) is 4.74 Å². The van der Waals surface area contributed by atoms with Gasteiger partial charge in [-0.1, -0.05) is 69.3 Å². The first-order chi connectivity index (χ1) is 12.9. The number of rotatable bonds is 6. The summed E-state index contributed by atoms with van der Waals surface area (Å²) < 4.78 is 5.54. The molecule has 1 unspecified atom stereocenters. The Bertz CT molecular complexity index is 749. The molecule has 2 aromatic rings. The molecule has 1 amide bonds. The number of amides is 1. The Morgan fingerprint density at radius 1 is 1.07 bits per heavy atom. The van der Waals surface area contributed by atoms with Gasteiger partial charge in [-0.3, -0.25) is 0 Å². The zero-order valence-electron chi connectivity index (χ0n) is 16.4. The van der Waals surface area contributed by atoms with E-state index in [9.17, 15) is 9.90 Å². The van der Waals surface area contributed by atoms with Gasteiger partial charge >= 0.3 is 6.09 Å². The molecular formula is C23H29NO3. The van der Waals surface area contributed by atoms with Crippen LogP contribution in [0.5, 0.6) is 0 Å². The minimum absolute atomic E-state index is 0.0466. The Hall–Kier alpha value is -2.33. The Morgan fingerprint density at radius 3 is 2.15 bits per heavy atom. The Balaban J connectivity index is 1.62. The fraction of sp³-hybridized carbons (Fsp3) is 0.435. The van der Waals surface area contributed by atoms with Crippen LogP contribution < -0.4 is 5.32 Å². The minimum Gasteiger partial charge on any atom is -0.449 e. The quantitative estimate of drug-likeness (QED) is 0.777. The van der Waals surface area contributed by atoms with E-state index in [1.807, 2.05) is 24.3 Å². The maximum atomic E-state index is 12.3. The predicted molar refractivity (Wildman–Crippen MR) is 108 cm³/mol. The molecule has 4 heteroatoms. The number of hydrogen-bond acceptors (Lipinski definition) is 3. The molecule has 0 saturated heterocycles. The molecule has 0 aromatic heterocycles. The number of carbonyl (C=O) groups is 1. The standard InChI is InChI=1S/C23H29NO3/c1-23(2,3)13-12-16(14-25)24-22(26)27-15-21-19-10-6-4-8-17(19)18-9-5-7-11-20(18)21/h4-11,16,21,25H,12-15H2,1-3H3,(H,24,26). The molecule has 0 heterocycles. The van der Waals surface area contributed by atoms with Crippen LogP contribution >= 0.6 is 0 Å². The number of aliphatic hydroxyl groups is 1. The fourth-order valence-corrected chi connectivity index (χ4v) is 3.62. The highest BCUT2D eigenvalue weighted by atomic mass is 16.5. The third kappa shape index (κ3) is 4.69. The summed E-state index contributed by atoms with van der Waals surface area (Å²) >= 11 is 0. The first kappa shape index (κ1) is 19.4. The van der Waals surface area contributed by atoms with Gasteiger partial charge in [0.25, 0.3) is 0 Å². The average molecular weight is 367 g/mol. The van der Waals surface area contributed by atoms with Crippen molar-refractivity contribution in [1.82, 2.24) is 5.32 Å². The van der Waals surface area contributed by atoms with Crippen molar-refractivity contribution in [2.75, 3.05) is 13.2 Å². The van der Waals surface area contributed by atoms with Gasteiger partial charge in [0.15, 0.2) is 0 Å². The molecule has 3 rings (SSSR count). The van der Waals surface area contributed by atoms with Gasteiger partial charge in [-0.05, 0) is 40.5 Å². The van der Waals surface area contributed by atoms with Crippen molar-refractivity contribution in [3.8, 4) is 11.1 Å². The van der Waals surface area contributed by atoms with Crippen LogP contribution in [0.1, 0.15) is 50.7 Å². The van der Waals surface area contributed by atoms with E-state index in [1.165, 1.54) is 22.3 Å². The first-order valence-electron chi connectivity index (χ1n) is 9.61. The molecule has 0 saturated carbocycles. The van der Waals surface area contributed by atoms with Gasteiger partial charge in [-0.25, -0.2) is 4.79 Å². The van der Waals surface area contributed by atoms with Crippen LogP contribution in [0.15, 0.2) is 48.5 Å². The first-order valence-corrected chi connectivity index (χ1v) is 9.61. The van der Waals surface area contributed by atoms with Crippen LogP contribution in [-0.2, 0) is 4.74 Å². The predicted octanol–water partition coefficient (Wildman–Crippen LogP) is 4.71. The van der Waals surface area contributed by atoms with Crippen molar-refractivity contribution in [3.05, 3.63) is 59.7 Å². The Labute approximate surface area is 161 Å². The number of nitrogens with one attached hydrogen (secondary N) is 1. The molecule has 2 aromatic carbocycles. The lowest BCUT2D eigenvalue weighted by Gasteiger charge is -2.23. The van der Waals surface area contributed by atoms with Crippen LogP contribution in [0.25, 0.3) is 11.1 Å². The van der Waals surface area contributed by atoms with Gasteiger partial charge in [-0.2, -0.15) is 0 Å². The molecule has 2 N–H and O–H groups in total. The van der Waals surface area contributed by atoms with E-state index in [2.05, 4.69) is 50.4 Å². The number of hydrogen-bond donors (Lipinski definition) is 2. The summed E-state index contributed by atoms with van der Waals surface area (Å²) in [6.45, 7) is 6.65. The van der Waals surface area contributed by atoms with Crippen LogP contribution in [0.2, 0.25) is 0 Å². The third-order valence-corrected chi connectivity index (χ3v) is 5.13. The second-order valence-electron chi connectivity index (χ2n) is 8.45. The summed E-state index contributed by atoms with van der Waals surface area (Å²) in [5.74, 6) is 0.0466. The second-order valence-corrected chi connectivity index (χ2v) is 8.45. The minimum atomic E-state index is -0.468. The number of benzene rings is 2. The summed E-state index contributed by atoms with van der Waals surface area (Å²) in [4.78, 5) is 12.3. The lowest BCUT2D eigenvalue weighted by molar-refractivity contribution is 0.129. The summed E-state index contributed by atoms with van der Waals surface area (Å²) in [6, 6.07) is 16.3. The van der Waals surface area contributed by atoms with E-state index in [0.717, 1.165) is 12.8 Å². The molecule has 144 valence electrons.